The summed E-state index contributed by atoms with van der Waals surface area (Å²) in [5, 5.41) is 0.804. The van der Waals surface area contributed by atoms with E-state index in [1.807, 2.05) is 31.2 Å². The number of H-pyrrole nitrogens is 1. The molecule has 0 spiro atoms. The number of para-hydroxylation sites is 1. The number of aromatic nitrogens is 1. The fourth-order valence-electron chi connectivity index (χ4n) is 2.89. The van der Waals surface area contributed by atoms with Gasteiger partial charge >= 0.3 is 0 Å². The molecule has 2 rings (SSSR count). The average molecular weight is 285 g/mol. The van der Waals surface area contributed by atoms with Gasteiger partial charge < -0.3 is 4.98 Å². The number of benzene rings is 1. The van der Waals surface area contributed by atoms with E-state index < -0.39 is 0 Å². The van der Waals surface area contributed by atoms with E-state index in [2.05, 4.69) is 11.9 Å². The Labute approximate surface area is 127 Å². The van der Waals surface area contributed by atoms with Gasteiger partial charge in [-0.15, -0.1) is 0 Å². The number of aromatic amines is 1. The molecular formula is C19H27NO. The molecule has 0 aliphatic rings. The standard InChI is InChI=1S/C19H27NO/c1-3-4-5-6-7-8-9-13-17-15(2)19(21)16-12-10-11-14-18(16)20-17/h10-12,14H,3-9,13H2,1-2H3,(H,20,21). The van der Waals surface area contributed by atoms with E-state index in [4.69, 9.17) is 0 Å². The Morgan fingerprint density at radius 3 is 2.38 bits per heavy atom. The predicted molar refractivity (Wildman–Crippen MR) is 91.0 cm³/mol. The van der Waals surface area contributed by atoms with E-state index in [9.17, 15) is 4.79 Å². The first-order valence-corrected chi connectivity index (χ1v) is 8.34. The summed E-state index contributed by atoms with van der Waals surface area (Å²) in [7, 11) is 0. The average Bonchev–Trinajstić information content (AvgIpc) is 2.51. The predicted octanol–water partition coefficient (Wildman–Crippen LogP) is 5.13. The van der Waals surface area contributed by atoms with Gasteiger partial charge in [-0.1, -0.05) is 57.6 Å². The zero-order valence-corrected chi connectivity index (χ0v) is 13.4. The first-order valence-electron chi connectivity index (χ1n) is 8.34. The topological polar surface area (TPSA) is 32.9 Å². The SMILES string of the molecule is CCCCCCCCCc1[nH]c2ccccc2c(=O)c1C. The van der Waals surface area contributed by atoms with Crippen LogP contribution in [0, 0.1) is 6.92 Å². The third-order valence-corrected chi connectivity index (χ3v) is 4.28. The molecule has 1 aromatic carbocycles. The summed E-state index contributed by atoms with van der Waals surface area (Å²) in [6, 6.07) is 7.79. The van der Waals surface area contributed by atoms with Crippen molar-refractivity contribution in [3.05, 3.63) is 45.7 Å². The lowest BCUT2D eigenvalue weighted by Crippen LogP contribution is -2.11. The summed E-state index contributed by atoms with van der Waals surface area (Å²) in [4.78, 5) is 15.8. The van der Waals surface area contributed by atoms with Crippen molar-refractivity contribution in [3.63, 3.8) is 0 Å². The molecule has 0 bridgehead atoms. The van der Waals surface area contributed by atoms with Gasteiger partial charge in [0.05, 0.1) is 0 Å². The molecule has 0 saturated heterocycles. The molecule has 2 nitrogen and oxygen atoms in total. The zero-order chi connectivity index (χ0) is 15.1. The van der Waals surface area contributed by atoms with Crippen molar-refractivity contribution >= 4 is 10.9 Å². The number of aryl methyl sites for hydroxylation is 1. The monoisotopic (exact) mass is 285 g/mol. The number of pyridine rings is 1. The van der Waals surface area contributed by atoms with Crippen molar-refractivity contribution in [2.45, 2.75) is 65.2 Å². The molecule has 1 heterocycles. The molecule has 1 N–H and O–H groups in total. The number of nitrogens with one attached hydrogen (secondary N) is 1. The second-order valence-electron chi connectivity index (χ2n) is 5.97. The van der Waals surface area contributed by atoms with E-state index in [0.29, 0.717) is 0 Å². The van der Waals surface area contributed by atoms with Crippen LogP contribution in [0.3, 0.4) is 0 Å². The first kappa shape index (κ1) is 15.8. The molecule has 0 fully saturated rings. The largest absolute Gasteiger partial charge is 0.358 e. The lowest BCUT2D eigenvalue weighted by Gasteiger charge is -2.08. The van der Waals surface area contributed by atoms with Crippen LogP contribution in [-0.4, -0.2) is 4.98 Å². The van der Waals surface area contributed by atoms with Crippen molar-refractivity contribution in [3.8, 4) is 0 Å². The normalized spacial score (nSPS) is 11.1. The molecule has 0 radical (unpaired) electrons. The summed E-state index contributed by atoms with van der Waals surface area (Å²) in [6.45, 7) is 4.20. The van der Waals surface area contributed by atoms with E-state index in [0.717, 1.165) is 28.6 Å². The molecule has 1 aromatic heterocycles. The number of fused-ring (bicyclic) bond motifs is 1. The van der Waals surface area contributed by atoms with Crippen LogP contribution in [-0.2, 0) is 6.42 Å². The van der Waals surface area contributed by atoms with Crippen LogP contribution in [0.25, 0.3) is 10.9 Å². The number of rotatable bonds is 8. The van der Waals surface area contributed by atoms with Gasteiger partial charge in [0.2, 0.25) is 0 Å². The maximum Gasteiger partial charge on any atom is 0.192 e. The molecule has 0 unspecified atom stereocenters. The number of hydrogen-bond donors (Lipinski definition) is 1. The van der Waals surface area contributed by atoms with Gasteiger partial charge in [0, 0.05) is 22.2 Å². The molecule has 2 aromatic rings. The third kappa shape index (κ3) is 4.20. The fourth-order valence-corrected chi connectivity index (χ4v) is 2.89. The molecule has 0 atom stereocenters. The Balaban J connectivity index is 1.93. The highest BCUT2D eigenvalue weighted by molar-refractivity contribution is 5.79. The number of hydrogen-bond acceptors (Lipinski definition) is 1. The van der Waals surface area contributed by atoms with E-state index >= 15 is 0 Å². The Morgan fingerprint density at radius 2 is 1.62 bits per heavy atom. The molecule has 0 saturated carbocycles. The van der Waals surface area contributed by atoms with Crippen LogP contribution in [0.15, 0.2) is 29.1 Å². The van der Waals surface area contributed by atoms with E-state index in [1.54, 1.807) is 0 Å². The minimum Gasteiger partial charge on any atom is -0.358 e. The Morgan fingerprint density at radius 1 is 0.952 bits per heavy atom. The summed E-state index contributed by atoms with van der Waals surface area (Å²) in [5.41, 5.74) is 3.15. The van der Waals surface area contributed by atoms with Gasteiger partial charge in [0.1, 0.15) is 0 Å². The molecule has 0 aliphatic carbocycles. The highest BCUT2D eigenvalue weighted by Crippen LogP contribution is 2.14. The Bertz CT molecular complexity index is 627. The van der Waals surface area contributed by atoms with Gasteiger partial charge in [-0.3, -0.25) is 4.79 Å². The minimum atomic E-state index is 0.183. The summed E-state index contributed by atoms with van der Waals surface area (Å²) >= 11 is 0. The number of unbranched alkanes of at least 4 members (excludes halogenated alkanes) is 6. The van der Waals surface area contributed by atoms with Crippen LogP contribution in [0.5, 0.6) is 0 Å². The minimum absolute atomic E-state index is 0.183. The van der Waals surface area contributed by atoms with Crippen molar-refractivity contribution < 1.29 is 0 Å². The van der Waals surface area contributed by atoms with Crippen molar-refractivity contribution in [1.29, 1.82) is 0 Å². The van der Waals surface area contributed by atoms with E-state index in [1.165, 1.54) is 44.9 Å². The smallest absolute Gasteiger partial charge is 0.192 e. The molecule has 0 aliphatic heterocycles. The summed E-state index contributed by atoms with van der Waals surface area (Å²) in [6.07, 6.45) is 10.1. The van der Waals surface area contributed by atoms with Crippen LogP contribution in [0.4, 0.5) is 0 Å². The molecule has 2 heteroatoms. The van der Waals surface area contributed by atoms with E-state index in [-0.39, 0.29) is 5.43 Å². The van der Waals surface area contributed by atoms with Gasteiger partial charge in [0.25, 0.3) is 0 Å². The maximum atomic E-state index is 12.3. The third-order valence-electron chi connectivity index (χ3n) is 4.28. The van der Waals surface area contributed by atoms with Crippen LogP contribution < -0.4 is 5.43 Å². The van der Waals surface area contributed by atoms with Gasteiger partial charge in [-0.05, 0) is 31.9 Å². The molecular weight excluding hydrogens is 258 g/mol. The maximum absolute atomic E-state index is 12.3. The zero-order valence-electron chi connectivity index (χ0n) is 13.4. The first-order chi connectivity index (χ1) is 10.2. The van der Waals surface area contributed by atoms with Crippen molar-refractivity contribution in [2.24, 2.45) is 0 Å². The highest BCUT2D eigenvalue weighted by atomic mass is 16.1. The quantitative estimate of drug-likeness (QED) is 0.670. The second-order valence-corrected chi connectivity index (χ2v) is 5.97. The van der Waals surface area contributed by atoms with Crippen LogP contribution in [0.1, 0.15) is 63.1 Å². The highest BCUT2D eigenvalue weighted by Gasteiger charge is 2.07. The van der Waals surface area contributed by atoms with Gasteiger partial charge in [0.15, 0.2) is 5.43 Å². The molecule has 21 heavy (non-hydrogen) atoms. The molecule has 114 valence electrons. The van der Waals surface area contributed by atoms with Gasteiger partial charge in [-0.25, -0.2) is 0 Å². The Kier molecular flexibility index (Phi) is 6.04. The van der Waals surface area contributed by atoms with Crippen molar-refractivity contribution in [2.75, 3.05) is 0 Å². The lowest BCUT2D eigenvalue weighted by atomic mass is 10.0. The fraction of sp³-hybridized carbons (Fsp3) is 0.526. The summed E-state index contributed by atoms with van der Waals surface area (Å²) < 4.78 is 0. The lowest BCUT2D eigenvalue weighted by molar-refractivity contribution is 0.587. The van der Waals surface area contributed by atoms with Crippen LogP contribution >= 0.6 is 0 Å². The Hall–Kier alpha value is -1.57. The second kappa shape index (κ2) is 8.02. The molecule has 0 amide bonds. The van der Waals surface area contributed by atoms with Crippen LogP contribution in [0.2, 0.25) is 0 Å². The summed E-state index contributed by atoms with van der Waals surface area (Å²) in [5.74, 6) is 0. The van der Waals surface area contributed by atoms with Crippen molar-refractivity contribution in [1.82, 2.24) is 4.98 Å². The van der Waals surface area contributed by atoms with Gasteiger partial charge in [-0.2, -0.15) is 0 Å².